The number of ether oxygens (including phenoxy) is 1. The average molecular weight is 461 g/mol. The minimum atomic E-state index is -3.97. The predicted molar refractivity (Wildman–Crippen MR) is 114 cm³/mol. The molecule has 0 aliphatic carbocycles. The van der Waals surface area contributed by atoms with Crippen LogP contribution in [0.25, 0.3) is 0 Å². The van der Waals surface area contributed by atoms with Crippen LogP contribution in [0.1, 0.15) is 25.7 Å². The first-order chi connectivity index (χ1) is 13.8. The number of halogens is 2. The summed E-state index contributed by atoms with van der Waals surface area (Å²) in [5, 5.41) is 0.479. The van der Waals surface area contributed by atoms with Gasteiger partial charge in [-0.05, 0) is 43.9 Å². The van der Waals surface area contributed by atoms with Crippen LogP contribution in [0.4, 0.5) is 0 Å². The highest BCUT2D eigenvalue weighted by atomic mass is 35.5. The van der Waals surface area contributed by atoms with Crippen molar-refractivity contribution in [3.8, 4) is 0 Å². The van der Waals surface area contributed by atoms with Gasteiger partial charge in [0.05, 0.1) is 4.90 Å². The van der Waals surface area contributed by atoms with E-state index in [9.17, 15) is 13.2 Å². The Hall–Kier alpha value is -1.12. The predicted octanol–water partition coefficient (Wildman–Crippen LogP) is 3.59. The summed E-state index contributed by atoms with van der Waals surface area (Å²) < 4.78 is 33.7. The van der Waals surface area contributed by atoms with E-state index in [4.69, 9.17) is 27.9 Å². The summed E-state index contributed by atoms with van der Waals surface area (Å²) in [7, 11) is -2.35. The monoisotopic (exact) mass is 460 g/mol. The quantitative estimate of drug-likeness (QED) is 0.460. The van der Waals surface area contributed by atoms with Crippen molar-refractivity contribution in [2.24, 2.45) is 5.92 Å². The number of rotatable bonds is 7. The van der Waals surface area contributed by atoms with Gasteiger partial charge in [0.15, 0.2) is 0 Å². The van der Waals surface area contributed by atoms with Crippen molar-refractivity contribution in [1.29, 1.82) is 0 Å². The zero-order valence-corrected chi connectivity index (χ0v) is 18.7. The van der Waals surface area contributed by atoms with Crippen molar-refractivity contribution >= 4 is 39.1 Å². The number of carbonyl (C=O) groups excluding carboxylic acids is 1. The third kappa shape index (κ3) is 4.64. The van der Waals surface area contributed by atoms with Gasteiger partial charge >= 0.3 is 0 Å². The molecule has 3 rings (SSSR count). The summed E-state index contributed by atoms with van der Waals surface area (Å²) in [5.74, 6) is -0.317. The second-order valence-corrected chi connectivity index (χ2v) is 10.2. The highest BCUT2D eigenvalue weighted by Gasteiger charge is 2.49. The molecule has 9 heteroatoms. The number of amides is 1. The summed E-state index contributed by atoms with van der Waals surface area (Å²) in [4.78, 5) is 15.1. The molecule has 2 saturated heterocycles. The fourth-order valence-electron chi connectivity index (χ4n) is 4.30. The van der Waals surface area contributed by atoms with Gasteiger partial charge in [0.1, 0.15) is 6.04 Å². The zero-order chi connectivity index (χ0) is 21.2. The number of carbonyl (C=O) groups is 1. The molecule has 29 heavy (non-hydrogen) atoms. The average Bonchev–Trinajstić information content (AvgIpc) is 2.74. The lowest BCUT2D eigenvalue weighted by Gasteiger charge is -2.40. The Morgan fingerprint density at radius 2 is 1.93 bits per heavy atom. The minimum Gasteiger partial charge on any atom is -0.385 e. The van der Waals surface area contributed by atoms with E-state index in [-0.39, 0.29) is 32.8 Å². The second kappa shape index (κ2) is 9.35. The van der Waals surface area contributed by atoms with E-state index in [0.717, 1.165) is 6.42 Å². The Kier molecular flexibility index (Phi) is 7.27. The summed E-state index contributed by atoms with van der Waals surface area (Å²) >= 11 is 12.1. The first kappa shape index (κ1) is 22.6. The molecule has 2 bridgehead atoms. The SMILES string of the molecule is C=C[C@H]1CN(CCCOC)C(=O)C2CCC[C@@H]1N2S(=O)(=O)c1cc(Cl)cc(Cl)c1. The smallest absolute Gasteiger partial charge is 0.244 e. The largest absolute Gasteiger partial charge is 0.385 e. The molecule has 1 unspecified atom stereocenters. The van der Waals surface area contributed by atoms with Crippen LogP contribution in [-0.4, -0.2) is 62.4 Å². The molecule has 2 aliphatic heterocycles. The van der Waals surface area contributed by atoms with Gasteiger partial charge in [-0.25, -0.2) is 8.42 Å². The number of sulfonamides is 1. The third-order valence-electron chi connectivity index (χ3n) is 5.62. The van der Waals surface area contributed by atoms with Gasteiger partial charge in [-0.3, -0.25) is 4.79 Å². The molecule has 0 spiro atoms. The molecule has 0 radical (unpaired) electrons. The van der Waals surface area contributed by atoms with E-state index in [1.807, 2.05) is 0 Å². The van der Waals surface area contributed by atoms with Crippen LogP contribution in [0.15, 0.2) is 35.7 Å². The Labute approximate surface area is 182 Å². The molecule has 1 aromatic carbocycles. The van der Waals surface area contributed by atoms with Crippen molar-refractivity contribution in [3.63, 3.8) is 0 Å². The highest BCUT2D eigenvalue weighted by molar-refractivity contribution is 7.89. The molecule has 2 heterocycles. The molecule has 3 atom stereocenters. The van der Waals surface area contributed by atoms with Crippen molar-refractivity contribution in [2.45, 2.75) is 42.7 Å². The molecular weight excluding hydrogens is 435 g/mol. The standard InChI is InChI=1S/C20H26Cl2N2O4S/c1-3-14-13-23(8-5-9-28-2)20(25)19-7-4-6-18(14)24(19)29(26,27)17-11-15(21)10-16(22)12-17/h3,10-12,14,18-19H,1,4-9,13H2,2H3/t14-,18-,19?/m0/s1. The lowest BCUT2D eigenvalue weighted by molar-refractivity contribution is -0.135. The van der Waals surface area contributed by atoms with Gasteiger partial charge < -0.3 is 9.64 Å². The van der Waals surface area contributed by atoms with Gasteiger partial charge in [0.2, 0.25) is 15.9 Å². The number of nitrogens with zero attached hydrogens (tertiary/aromatic N) is 2. The normalized spacial score (nSPS) is 25.7. The summed E-state index contributed by atoms with van der Waals surface area (Å²) in [6.45, 7) is 5.44. The van der Waals surface area contributed by atoms with Crippen LogP contribution in [0.2, 0.25) is 10.0 Å². The zero-order valence-electron chi connectivity index (χ0n) is 16.4. The van der Waals surface area contributed by atoms with E-state index < -0.39 is 16.1 Å². The van der Waals surface area contributed by atoms with Crippen LogP contribution < -0.4 is 0 Å². The molecule has 1 amide bonds. The third-order valence-corrected chi connectivity index (χ3v) is 7.97. The van der Waals surface area contributed by atoms with Crippen LogP contribution in [0.5, 0.6) is 0 Å². The van der Waals surface area contributed by atoms with Crippen LogP contribution >= 0.6 is 23.2 Å². The number of fused-ring (bicyclic) bond motifs is 2. The number of benzene rings is 1. The number of methoxy groups -OCH3 is 1. The Balaban J connectivity index is 2.03. The van der Waals surface area contributed by atoms with Crippen molar-refractivity contribution in [2.75, 3.05) is 26.8 Å². The maximum atomic E-state index is 13.6. The van der Waals surface area contributed by atoms with E-state index >= 15 is 0 Å². The van der Waals surface area contributed by atoms with Crippen molar-refractivity contribution < 1.29 is 17.9 Å². The maximum Gasteiger partial charge on any atom is 0.244 e. The fraction of sp³-hybridized carbons (Fsp3) is 0.550. The molecule has 0 N–H and O–H groups in total. The summed E-state index contributed by atoms with van der Waals surface area (Å²) in [6.07, 6.45) is 4.43. The minimum absolute atomic E-state index is 0.00958. The topological polar surface area (TPSA) is 66.9 Å². The molecule has 0 aromatic heterocycles. The lowest BCUT2D eigenvalue weighted by Crippen LogP contribution is -2.54. The summed E-state index contributed by atoms with van der Waals surface area (Å²) in [5.41, 5.74) is 0. The molecule has 2 aliphatic rings. The van der Waals surface area contributed by atoms with E-state index in [0.29, 0.717) is 39.0 Å². The fourth-order valence-corrected chi connectivity index (χ4v) is 6.90. The summed E-state index contributed by atoms with van der Waals surface area (Å²) in [6, 6.07) is 3.19. The second-order valence-electron chi connectivity index (χ2n) is 7.48. The first-order valence-electron chi connectivity index (χ1n) is 9.69. The Morgan fingerprint density at radius 1 is 1.24 bits per heavy atom. The van der Waals surface area contributed by atoms with Crippen molar-refractivity contribution in [3.05, 3.63) is 40.9 Å². The Bertz CT molecular complexity index is 857. The molecule has 1 aromatic rings. The highest BCUT2D eigenvalue weighted by Crippen LogP contribution is 2.38. The van der Waals surface area contributed by atoms with Crippen LogP contribution in [0, 0.1) is 5.92 Å². The van der Waals surface area contributed by atoms with Crippen LogP contribution in [-0.2, 0) is 19.6 Å². The van der Waals surface area contributed by atoms with Gasteiger partial charge in [-0.15, -0.1) is 6.58 Å². The first-order valence-corrected chi connectivity index (χ1v) is 11.9. The lowest BCUT2D eigenvalue weighted by atomic mass is 9.90. The molecule has 2 fully saturated rings. The number of hydrogen-bond donors (Lipinski definition) is 0. The van der Waals surface area contributed by atoms with Crippen molar-refractivity contribution in [1.82, 2.24) is 9.21 Å². The van der Waals surface area contributed by atoms with E-state index in [2.05, 4.69) is 6.58 Å². The molecular formula is C20H26Cl2N2O4S. The van der Waals surface area contributed by atoms with Gasteiger partial charge in [0.25, 0.3) is 0 Å². The van der Waals surface area contributed by atoms with Gasteiger partial charge in [-0.2, -0.15) is 4.31 Å². The molecule has 6 nitrogen and oxygen atoms in total. The Morgan fingerprint density at radius 3 is 2.55 bits per heavy atom. The number of hydrogen-bond acceptors (Lipinski definition) is 4. The van der Waals surface area contributed by atoms with E-state index in [1.54, 1.807) is 18.1 Å². The number of piperidine rings is 1. The van der Waals surface area contributed by atoms with Crippen LogP contribution in [0.3, 0.4) is 0 Å². The van der Waals surface area contributed by atoms with Gasteiger partial charge in [-0.1, -0.05) is 29.3 Å². The van der Waals surface area contributed by atoms with E-state index in [1.165, 1.54) is 22.5 Å². The van der Waals surface area contributed by atoms with Gasteiger partial charge in [0, 0.05) is 48.8 Å². The maximum absolute atomic E-state index is 13.6. The molecule has 160 valence electrons. The molecule has 0 saturated carbocycles.